The molecule has 2 fully saturated rings. The highest BCUT2D eigenvalue weighted by Gasteiger charge is 2.49. The summed E-state index contributed by atoms with van der Waals surface area (Å²) in [5.41, 5.74) is 1.80. The Hall–Kier alpha value is -2.86. The number of alkyl halides is 3. The number of nitrogens with zero attached hydrogens (tertiary/aromatic N) is 4. The third kappa shape index (κ3) is 4.04. The highest BCUT2D eigenvalue weighted by Crippen LogP contribution is 2.50. The number of nitrogens with one attached hydrogen (secondary N) is 1. The summed E-state index contributed by atoms with van der Waals surface area (Å²) >= 11 is 1.09. The second-order valence-electron chi connectivity index (χ2n) is 8.53. The lowest BCUT2D eigenvalue weighted by atomic mass is 9.65. The summed E-state index contributed by atoms with van der Waals surface area (Å²) in [6.07, 6.45) is -0.627. The number of anilines is 2. The van der Waals surface area contributed by atoms with E-state index in [2.05, 4.69) is 26.3 Å². The zero-order chi connectivity index (χ0) is 21.6. The number of halogens is 3. The summed E-state index contributed by atoms with van der Waals surface area (Å²) < 4.78 is 38.4. The summed E-state index contributed by atoms with van der Waals surface area (Å²) in [5, 5.41) is 13.3. The average molecular weight is 443 g/mol. The van der Waals surface area contributed by atoms with Crippen LogP contribution in [-0.2, 0) is 6.42 Å². The molecule has 3 aromatic rings. The Labute approximate surface area is 181 Å². The fraction of sp³-hybridized carbons (Fsp3) is 0.409. The molecular weight excluding hydrogens is 423 g/mol. The van der Waals surface area contributed by atoms with Gasteiger partial charge in [-0.3, -0.25) is 0 Å². The molecule has 3 heterocycles. The first-order valence-electron chi connectivity index (χ1n) is 10.1. The Morgan fingerprint density at radius 2 is 2.10 bits per heavy atom. The van der Waals surface area contributed by atoms with Gasteiger partial charge in [-0.05, 0) is 48.9 Å². The summed E-state index contributed by atoms with van der Waals surface area (Å²) in [6.45, 7) is 1.69. The predicted molar refractivity (Wildman–Crippen MR) is 114 cm³/mol. The van der Waals surface area contributed by atoms with Crippen molar-refractivity contribution in [2.45, 2.75) is 37.9 Å². The molecule has 2 aromatic heterocycles. The molecule has 0 unspecified atom stereocenters. The van der Waals surface area contributed by atoms with E-state index < -0.39 is 12.6 Å². The molecule has 1 aliphatic carbocycles. The van der Waals surface area contributed by atoms with Gasteiger partial charge < -0.3 is 10.2 Å². The Morgan fingerprint density at radius 1 is 1.26 bits per heavy atom. The topological polar surface area (TPSA) is 64.8 Å². The highest BCUT2D eigenvalue weighted by atomic mass is 32.1. The SMILES string of the molecule is N#Cc1cccc(NC2CC3(CCN(c4ncnc5sc(CC(F)(F)F)cc45)C3)C2)c1. The quantitative estimate of drug-likeness (QED) is 0.605. The van der Waals surface area contributed by atoms with E-state index >= 15 is 0 Å². The molecule has 1 saturated heterocycles. The standard InChI is InChI=1S/C22H20F3N5S/c23-22(24,25)10-17-7-18-19(27-13-28-20(18)31-17)30-5-4-21(12-30)8-16(9-21)29-15-3-1-2-14(6-15)11-26/h1-3,6-7,13,16,29H,4-5,8-10,12H2. The number of nitriles is 1. The molecule has 9 heteroatoms. The fourth-order valence-electron chi connectivity index (χ4n) is 4.88. The first-order valence-corrected chi connectivity index (χ1v) is 11.0. The van der Waals surface area contributed by atoms with Crippen LogP contribution in [0, 0.1) is 16.7 Å². The lowest BCUT2D eigenvalue weighted by Gasteiger charge is -2.46. The minimum absolute atomic E-state index is 0.201. The van der Waals surface area contributed by atoms with Crippen molar-refractivity contribution in [1.82, 2.24) is 9.97 Å². The number of aromatic nitrogens is 2. The highest BCUT2D eigenvalue weighted by molar-refractivity contribution is 7.18. The number of benzene rings is 1. The summed E-state index contributed by atoms with van der Waals surface area (Å²) in [5.74, 6) is 0.740. The van der Waals surface area contributed by atoms with Gasteiger partial charge in [0.25, 0.3) is 0 Å². The molecule has 5 nitrogen and oxygen atoms in total. The molecule has 31 heavy (non-hydrogen) atoms. The second kappa shape index (κ2) is 7.38. The number of fused-ring (bicyclic) bond motifs is 1. The lowest BCUT2D eigenvalue weighted by molar-refractivity contribution is -0.126. The Morgan fingerprint density at radius 3 is 2.87 bits per heavy atom. The van der Waals surface area contributed by atoms with Crippen molar-refractivity contribution < 1.29 is 13.2 Å². The van der Waals surface area contributed by atoms with Crippen LogP contribution in [0.4, 0.5) is 24.7 Å². The van der Waals surface area contributed by atoms with Crippen molar-refractivity contribution in [3.05, 3.63) is 47.1 Å². The van der Waals surface area contributed by atoms with E-state index in [1.165, 1.54) is 6.33 Å². The minimum atomic E-state index is -4.23. The molecule has 1 N–H and O–H groups in total. The molecule has 1 aromatic carbocycles. The van der Waals surface area contributed by atoms with Crippen molar-refractivity contribution in [2.75, 3.05) is 23.3 Å². The normalized spacial score (nSPS) is 23.2. The van der Waals surface area contributed by atoms with Crippen LogP contribution in [0.5, 0.6) is 0 Å². The molecule has 1 aliphatic heterocycles. The van der Waals surface area contributed by atoms with Crippen molar-refractivity contribution in [1.29, 1.82) is 5.26 Å². The van der Waals surface area contributed by atoms with Gasteiger partial charge in [0.05, 0.1) is 23.4 Å². The Balaban J connectivity index is 1.27. The zero-order valence-electron chi connectivity index (χ0n) is 16.6. The molecule has 5 rings (SSSR count). The third-order valence-electron chi connectivity index (χ3n) is 6.19. The molecule has 1 spiro atoms. The molecule has 0 bridgehead atoms. The van der Waals surface area contributed by atoms with E-state index in [0.29, 0.717) is 21.8 Å². The van der Waals surface area contributed by atoms with E-state index in [1.807, 2.05) is 18.2 Å². The summed E-state index contributed by atoms with van der Waals surface area (Å²) in [4.78, 5) is 11.7. The van der Waals surface area contributed by atoms with Gasteiger partial charge in [-0.25, -0.2) is 9.97 Å². The van der Waals surface area contributed by atoms with Crippen LogP contribution in [0.2, 0.25) is 0 Å². The van der Waals surface area contributed by atoms with Gasteiger partial charge in [0, 0.05) is 29.7 Å². The third-order valence-corrected chi connectivity index (χ3v) is 7.24. The van der Waals surface area contributed by atoms with Crippen LogP contribution in [0.25, 0.3) is 10.2 Å². The van der Waals surface area contributed by atoms with E-state index in [1.54, 1.807) is 12.1 Å². The van der Waals surface area contributed by atoms with Gasteiger partial charge >= 0.3 is 6.18 Å². The number of rotatable bonds is 4. The van der Waals surface area contributed by atoms with Crippen LogP contribution in [-0.4, -0.2) is 35.3 Å². The first-order chi connectivity index (χ1) is 14.8. The van der Waals surface area contributed by atoms with E-state index in [4.69, 9.17) is 5.26 Å². The summed E-state index contributed by atoms with van der Waals surface area (Å²) in [7, 11) is 0. The van der Waals surface area contributed by atoms with Crippen LogP contribution in [0.15, 0.2) is 36.7 Å². The van der Waals surface area contributed by atoms with Gasteiger partial charge in [-0.15, -0.1) is 11.3 Å². The number of thiophene rings is 1. The van der Waals surface area contributed by atoms with Crippen molar-refractivity contribution in [2.24, 2.45) is 5.41 Å². The smallest absolute Gasteiger partial charge is 0.382 e. The monoisotopic (exact) mass is 443 g/mol. The maximum absolute atomic E-state index is 12.8. The van der Waals surface area contributed by atoms with Gasteiger partial charge in [-0.2, -0.15) is 18.4 Å². The van der Waals surface area contributed by atoms with E-state index in [-0.39, 0.29) is 10.3 Å². The van der Waals surface area contributed by atoms with Crippen molar-refractivity contribution >= 4 is 33.1 Å². The molecule has 160 valence electrons. The van der Waals surface area contributed by atoms with Gasteiger partial charge in [0.1, 0.15) is 17.0 Å². The Kier molecular flexibility index (Phi) is 4.77. The van der Waals surface area contributed by atoms with E-state index in [9.17, 15) is 13.2 Å². The molecule has 1 saturated carbocycles. The number of hydrogen-bond donors (Lipinski definition) is 1. The number of hydrogen-bond acceptors (Lipinski definition) is 6. The van der Waals surface area contributed by atoms with Gasteiger partial charge in [0.15, 0.2) is 0 Å². The second-order valence-corrected chi connectivity index (χ2v) is 9.65. The minimum Gasteiger partial charge on any atom is -0.382 e. The largest absolute Gasteiger partial charge is 0.393 e. The average Bonchev–Trinajstić information content (AvgIpc) is 3.30. The van der Waals surface area contributed by atoms with E-state index in [0.717, 1.165) is 55.2 Å². The molecular formula is C22H20F3N5S. The van der Waals surface area contributed by atoms with Crippen LogP contribution < -0.4 is 10.2 Å². The first kappa shape index (κ1) is 20.1. The van der Waals surface area contributed by atoms with Crippen LogP contribution in [0.1, 0.15) is 29.7 Å². The lowest BCUT2D eigenvalue weighted by Crippen LogP contribution is -2.46. The fourth-order valence-corrected chi connectivity index (χ4v) is 5.90. The summed E-state index contributed by atoms with van der Waals surface area (Å²) in [6, 6.07) is 11.6. The Bertz CT molecular complexity index is 1160. The molecule has 2 aliphatic rings. The zero-order valence-corrected chi connectivity index (χ0v) is 17.4. The molecule has 0 radical (unpaired) electrons. The van der Waals surface area contributed by atoms with Gasteiger partial charge in [0.2, 0.25) is 0 Å². The van der Waals surface area contributed by atoms with Crippen LogP contribution in [0.3, 0.4) is 0 Å². The maximum Gasteiger partial charge on any atom is 0.393 e. The molecule has 0 amide bonds. The molecule has 0 atom stereocenters. The van der Waals surface area contributed by atoms with Crippen molar-refractivity contribution in [3.8, 4) is 6.07 Å². The predicted octanol–water partition coefficient (Wildman–Crippen LogP) is 5.14. The maximum atomic E-state index is 12.8. The van der Waals surface area contributed by atoms with Crippen LogP contribution >= 0.6 is 11.3 Å². The van der Waals surface area contributed by atoms with Gasteiger partial charge in [-0.1, -0.05) is 6.07 Å². The van der Waals surface area contributed by atoms with Crippen molar-refractivity contribution in [3.63, 3.8) is 0 Å².